The Kier molecular flexibility index (Phi) is 4.78. The highest BCUT2D eigenvalue weighted by molar-refractivity contribution is 5.08. The standard InChI is InChI=1S/C14H26N4/c1-4-15-9-13-6-5-7-18(10-13)11-14-8-12(2)16-17(14)3/h8,13,15H,4-7,9-11H2,1-3H3. The van der Waals surface area contributed by atoms with Crippen LogP contribution in [0, 0.1) is 12.8 Å². The maximum absolute atomic E-state index is 4.42. The molecule has 0 bridgehead atoms. The number of aryl methyl sites for hydroxylation is 2. The van der Waals surface area contributed by atoms with Crippen LogP contribution in [0.1, 0.15) is 31.2 Å². The van der Waals surface area contributed by atoms with Gasteiger partial charge in [0, 0.05) is 20.1 Å². The molecule has 1 saturated heterocycles. The summed E-state index contributed by atoms with van der Waals surface area (Å²) in [4.78, 5) is 2.57. The van der Waals surface area contributed by atoms with E-state index in [1.54, 1.807) is 0 Å². The fourth-order valence-corrected chi connectivity index (χ4v) is 2.85. The van der Waals surface area contributed by atoms with Crippen LogP contribution in [0.15, 0.2) is 6.07 Å². The molecule has 1 aliphatic heterocycles. The van der Waals surface area contributed by atoms with Crippen molar-refractivity contribution in [1.29, 1.82) is 0 Å². The van der Waals surface area contributed by atoms with Gasteiger partial charge in [-0.25, -0.2) is 0 Å². The largest absolute Gasteiger partial charge is 0.317 e. The molecule has 1 N–H and O–H groups in total. The first-order chi connectivity index (χ1) is 8.69. The highest BCUT2D eigenvalue weighted by Crippen LogP contribution is 2.18. The summed E-state index contributed by atoms with van der Waals surface area (Å²) in [5.74, 6) is 0.813. The number of rotatable bonds is 5. The lowest BCUT2D eigenvalue weighted by Gasteiger charge is -2.32. The Hall–Kier alpha value is -0.870. The highest BCUT2D eigenvalue weighted by atomic mass is 15.3. The zero-order chi connectivity index (χ0) is 13.0. The zero-order valence-corrected chi connectivity index (χ0v) is 11.9. The molecular weight excluding hydrogens is 224 g/mol. The van der Waals surface area contributed by atoms with Crippen molar-refractivity contribution in [1.82, 2.24) is 20.0 Å². The van der Waals surface area contributed by atoms with Gasteiger partial charge in [0.15, 0.2) is 0 Å². The molecule has 0 aliphatic carbocycles. The van der Waals surface area contributed by atoms with E-state index in [-0.39, 0.29) is 0 Å². The number of piperidine rings is 1. The van der Waals surface area contributed by atoms with Gasteiger partial charge < -0.3 is 5.32 Å². The molecule has 1 aliphatic rings. The van der Waals surface area contributed by atoms with Crippen LogP contribution in [0.2, 0.25) is 0 Å². The SMILES string of the molecule is CCNCC1CCCN(Cc2cc(C)nn2C)C1. The molecule has 0 amide bonds. The molecule has 0 aromatic carbocycles. The molecule has 2 heterocycles. The maximum atomic E-state index is 4.42. The summed E-state index contributed by atoms with van der Waals surface area (Å²) in [6.45, 7) is 9.98. The summed E-state index contributed by atoms with van der Waals surface area (Å²) in [7, 11) is 2.04. The second kappa shape index (κ2) is 6.34. The number of hydrogen-bond acceptors (Lipinski definition) is 3. The van der Waals surface area contributed by atoms with E-state index in [2.05, 4.69) is 35.2 Å². The van der Waals surface area contributed by atoms with Crippen LogP contribution in [0.25, 0.3) is 0 Å². The molecule has 0 radical (unpaired) electrons. The Balaban J connectivity index is 1.87. The van der Waals surface area contributed by atoms with Crippen LogP contribution in [0.4, 0.5) is 0 Å². The molecule has 0 saturated carbocycles. The first-order valence-corrected chi connectivity index (χ1v) is 7.11. The van der Waals surface area contributed by atoms with Crippen LogP contribution in [-0.2, 0) is 13.6 Å². The van der Waals surface area contributed by atoms with Crippen LogP contribution in [0.5, 0.6) is 0 Å². The first kappa shape index (κ1) is 13.6. The molecule has 4 heteroatoms. The Morgan fingerprint density at radius 1 is 1.50 bits per heavy atom. The van der Waals surface area contributed by atoms with Gasteiger partial charge in [-0.2, -0.15) is 5.10 Å². The van der Waals surface area contributed by atoms with Gasteiger partial charge in [-0.1, -0.05) is 6.92 Å². The van der Waals surface area contributed by atoms with Crippen molar-refractivity contribution >= 4 is 0 Å². The lowest BCUT2D eigenvalue weighted by Crippen LogP contribution is -2.39. The fourth-order valence-electron chi connectivity index (χ4n) is 2.85. The molecule has 18 heavy (non-hydrogen) atoms. The lowest BCUT2D eigenvalue weighted by atomic mass is 9.98. The molecule has 2 rings (SSSR count). The molecule has 1 fully saturated rings. The number of nitrogens with one attached hydrogen (secondary N) is 1. The Morgan fingerprint density at radius 2 is 2.33 bits per heavy atom. The first-order valence-electron chi connectivity index (χ1n) is 7.11. The molecule has 4 nitrogen and oxygen atoms in total. The monoisotopic (exact) mass is 250 g/mol. The van der Waals surface area contributed by atoms with E-state index < -0.39 is 0 Å². The highest BCUT2D eigenvalue weighted by Gasteiger charge is 2.20. The van der Waals surface area contributed by atoms with E-state index in [4.69, 9.17) is 0 Å². The number of hydrogen-bond donors (Lipinski definition) is 1. The third-order valence-electron chi connectivity index (χ3n) is 3.77. The molecule has 102 valence electrons. The van der Waals surface area contributed by atoms with Crippen molar-refractivity contribution in [2.75, 3.05) is 26.2 Å². The fraction of sp³-hybridized carbons (Fsp3) is 0.786. The lowest BCUT2D eigenvalue weighted by molar-refractivity contribution is 0.162. The number of nitrogens with zero attached hydrogens (tertiary/aromatic N) is 3. The van der Waals surface area contributed by atoms with Crippen molar-refractivity contribution in [3.8, 4) is 0 Å². The predicted octanol–water partition coefficient (Wildman–Crippen LogP) is 1.55. The van der Waals surface area contributed by atoms with Gasteiger partial charge in [-0.05, 0) is 51.4 Å². The molecule has 0 spiro atoms. The van der Waals surface area contributed by atoms with Gasteiger partial charge in [-0.3, -0.25) is 9.58 Å². The normalized spacial score (nSPS) is 21.4. The van der Waals surface area contributed by atoms with E-state index in [9.17, 15) is 0 Å². The van der Waals surface area contributed by atoms with Gasteiger partial charge in [0.05, 0.1) is 11.4 Å². The van der Waals surface area contributed by atoms with Crippen LogP contribution < -0.4 is 5.32 Å². The summed E-state index contributed by atoms with van der Waals surface area (Å²) in [5, 5.41) is 7.90. The zero-order valence-electron chi connectivity index (χ0n) is 11.9. The predicted molar refractivity (Wildman–Crippen MR) is 74.5 cm³/mol. The summed E-state index contributed by atoms with van der Waals surface area (Å²) in [5.41, 5.74) is 2.45. The van der Waals surface area contributed by atoms with E-state index in [1.807, 2.05) is 11.7 Å². The van der Waals surface area contributed by atoms with Crippen molar-refractivity contribution in [2.24, 2.45) is 13.0 Å². The van der Waals surface area contributed by atoms with Crippen LogP contribution in [-0.4, -0.2) is 40.9 Å². The van der Waals surface area contributed by atoms with Crippen molar-refractivity contribution < 1.29 is 0 Å². The average molecular weight is 250 g/mol. The molecular formula is C14H26N4. The molecule has 1 unspecified atom stereocenters. The topological polar surface area (TPSA) is 33.1 Å². The molecule has 1 aromatic heterocycles. The van der Waals surface area contributed by atoms with E-state index in [0.29, 0.717) is 0 Å². The maximum Gasteiger partial charge on any atom is 0.0597 e. The second-order valence-electron chi connectivity index (χ2n) is 5.45. The Labute approximate surface area is 110 Å². The van der Waals surface area contributed by atoms with Gasteiger partial charge in [0.1, 0.15) is 0 Å². The van der Waals surface area contributed by atoms with Gasteiger partial charge in [-0.15, -0.1) is 0 Å². The summed E-state index contributed by atoms with van der Waals surface area (Å²) in [6.07, 6.45) is 2.70. The van der Waals surface area contributed by atoms with E-state index in [0.717, 1.165) is 31.2 Å². The van der Waals surface area contributed by atoms with Crippen LogP contribution in [0.3, 0.4) is 0 Å². The van der Waals surface area contributed by atoms with Gasteiger partial charge in [0.2, 0.25) is 0 Å². The summed E-state index contributed by atoms with van der Waals surface area (Å²) in [6, 6.07) is 2.20. The molecule has 1 atom stereocenters. The number of aromatic nitrogens is 2. The third kappa shape index (κ3) is 3.56. The minimum atomic E-state index is 0.813. The van der Waals surface area contributed by atoms with Crippen molar-refractivity contribution in [2.45, 2.75) is 33.2 Å². The van der Waals surface area contributed by atoms with E-state index in [1.165, 1.54) is 31.6 Å². The smallest absolute Gasteiger partial charge is 0.0597 e. The van der Waals surface area contributed by atoms with Gasteiger partial charge in [0.25, 0.3) is 0 Å². The minimum Gasteiger partial charge on any atom is -0.317 e. The Bertz CT molecular complexity index is 372. The van der Waals surface area contributed by atoms with Crippen molar-refractivity contribution in [3.63, 3.8) is 0 Å². The Morgan fingerprint density at radius 3 is 3.00 bits per heavy atom. The van der Waals surface area contributed by atoms with Gasteiger partial charge >= 0.3 is 0 Å². The summed E-state index contributed by atoms with van der Waals surface area (Å²) < 4.78 is 2.02. The number of likely N-dealkylation sites (tertiary alicyclic amines) is 1. The third-order valence-corrected chi connectivity index (χ3v) is 3.77. The van der Waals surface area contributed by atoms with Crippen LogP contribution >= 0.6 is 0 Å². The molecule has 1 aromatic rings. The average Bonchev–Trinajstić information content (AvgIpc) is 2.66. The quantitative estimate of drug-likeness (QED) is 0.861. The summed E-state index contributed by atoms with van der Waals surface area (Å²) >= 11 is 0. The van der Waals surface area contributed by atoms with E-state index >= 15 is 0 Å². The second-order valence-corrected chi connectivity index (χ2v) is 5.45. The van der Waals surface area contributed by atoms with Crippen molar-refractivity contribution in [3.05, 3.63) is 17.5 Å². The minimum absolute atomic E-state index is 0.813.